The molecule has 106 valence electrons. The van der Waals surface area contributed by atoms with E-state index in [2.05, 4.69) is 26.6 Å². The first kappa shape index (κ1) is 16.3. The standard InChI is InChI=1S/C13H17BrN2O2.ClH/c1-18-10-4-5-11(14)9(7-10)8-16-13(17)12-3-2-6-15-12;/h4-5,7,12,15H,2-3,6,8H2,1H3,(H,16,17);1H. The molecule has 1 atom stereocenters. The monoisotopic (exact) mass is 348 g/mol. The second-order valence-corrected chi connectivity index (χ2v) is 5.18. The number of ether oxygens (including phenoxy) is 1. The molecule has 2 rings (SSSR count). The van der Waals surface area contributed by atoms with Crippen LogP contribution in [0.4, 0.5) is 0 Å². The van der Waals surface area contributed by atoms with Gasteiger partial charge in [-0.05, 0) is 43.1 Å². The number of amides is 1. The van der Waals surface area contributed by atoms with E-state index in [-0.39, 0.29) is 24.4 Å². The quantitative estimate of drug-likeness (QED) is 0.876. The lowest BCUT2D eigenvalue weighted by Crippen LogP contribution is -2.40. The van der Waals surface area contributed by atoms with Crippen molar-refractivity contribution in [3.8, 4) is 5.75 Å². The molecule has 1 heterocycles. The summed E-state index contributed by atoms with van der Waals surface area (Å²) < 4.78 is 6.15. The smallest absolute Gasteiger partial charge is 0.237 e. The second kappa shape index (κ2) is 7.72. The van der Waals surface area contributed by atoms with Crippen LogP contribution >= 0.6 is 28.3 Å². The highest BCUT2D eigenvalue weighted by Crippen LogP contribution is 2.22. The Labute approximate surface area is 127 Å². The molecular formula is C13H18BrClN2O2. The third kappa shape index (κ3) is 4.37. The highest BCUT2D eigenvalue weighted by molar-refractivity contribution is 9.10. The summed E-state index contributed by atoms with van der Waals surface area (Å²) in [6.45, 7) is 1.44. The summed E-state index contributed by atoms with van der Waals surface area (Å²) >= 11 is 3.47. The van der Waals surface area contributed by atoms with Gasteiger partial charge in [-0.3, -0.25) is 4.79 Å². The Morgan fingerprint density at radius 2 is 2.37 bits per heavy atom. The first-order valence-corrected chi connectivity index (χ1v) is 6.83. The highest BCUT2D eigenvalue weighted by Gasteiger charge is 2.21. The minimum atomic E-state index is -0.0330. The summed E-state index contributed by atoms with van der Waals surface area (Å²) in [5, 5.41) is 6.13. The van der Waals surface area contributed by atoms with Crippen molar-refractivity contribution in [1.29, 1.82) is 0 Å². The maximum atomic E-state index is 11.9. The summed E-state index contributed by atoms with van der Waals surface area (Å²) in [6.07, 6.45) is 1.99. The Bertz CT molecular complexity index is 437. The maximum absolute atomic E-state index is 11.9. The molecule has 1 aromatic carbocycles. The third-order valence-corrected chi connectivity index (χ3v) is 3.86. The fraction of sp³-hybridized carbons (Fsp3) is 0.462. The van der Waals surface area contributed by atoms with Crippen molar-refractivity contribution in [2.24, 2.45) is 0 Å². The molecule has 0 spiro atoms. The molecule has 1 unspecified atom stereocenters. The van der Waals surface area contributed by atoms with E-state index in [1.54, 1.807) is 7.11 Å². The lowest BCUT2D eigenvalue weighted by molar-refractivity contribution is -0.122. The Balaban J connectivity index is 0.00000180. The molecule has 0 radical (unpaired) electrons. The Hall–Kier alpha value is -0.780. The van der Waals surface area contributed by atoms with Gasteiger partial charge in [-0.15, -0.1) is 12.4 Å². The molecule has 0 aromatic heterocycles. The predicted octanol–water partition coefficient (Wildman–Crippen LogP) is 2.25. The van der Waals surface area contributed by atoms with E-state index in [1.165, 1.54) is 0 Å². The zero-order chi connectivity index (χ0) is 13.0. The molecule has 0 bridgehead atoms. The maximum Gasteiger partial charge on any atom is 0.237 e. The fourth-order valence-electron chi connectivity index (χ4n) is 2.03. The van der Waals surface area contributed by atoms with Crippen LogP contribution in [-0.4, -0.2) is 25.6 Å². The Kier molecular flexibility index (Phi) is 6.62. The lowest BCUT2D eigenvalue weighted by Gasteiger charge is -2.12. The fourth-order valence-corrected chi connectivity index (χ4v) is 2.41. The van der Waals surface area contributed by atoms with E-state index >= 15 is 0 Å². The van der Waals surface area contributed by atoms with E-state index in [4.69, 9.17) is 4.74 Å². The van der Waals surface area contributed by atoms with Crippen LogP contribution in [0.15, 0.2) is 22.7 Å². The van der Waals surface area contributed by atoms with E-state index in [0.717, 1.165) is 35.2 Å². The number of rotatable bonds is 4. The van der Waals surface area contributed by atoms with Gasteiger partial charge in [-0.25, -0.2) is 0 Å². The predicted molar refractivity (Wildman–Crippen MR) is 80.8 cm³/mol. The molecule has 19 heavy (non-hydrogen) atoms. The molecule has 1 fully saturated rings. The van der Waals surface area contributed by atoms with E-state index < -0.39 is 0 Å². The van der Waals surface area contributed by atoms with Crippen molar-refractivity contribution in [3.05, 3.63) is 28.2 Å². The molecular weight excluding hydrogens is 332 g/mol. The van der Waals surface area contributed by atoms with Crippen LogP contribution in [0, 0.1) is 0 Å². The molecule has 0 aliphatic carbocycles. The summed E-state index contributed by atoms with van der Waals surface area (Å²) in [5.74, 6) is 0.865. The average Bonchev–Trinajstić information content (AvgIpc) is 2.91. The summed E-state index contributed by atoms with van der Waals surface area (Å²) in [6, 6.07) is 5.70. The average molecular weight is 350 g/mol. The summed E-state index contributed by atoms with van der Waals surface area (Å²) in [5.41, 5.74) is 1.01. The number of hydrogen-bond acceptors (Lipinski definition) is 3. The van der Waals surface area contributed by atoms with Crippen LogP contribution in [0.1, 0.15) is 18.4 Å². The highest BCUT2D eigenvalue weighted by atomic mass is 79.9. The second-order valence-electron chi connectivity index (χ2n) is 4.32. The first-order valence-electron chi connectivity index (χ1n) is 6.04. The van der Waals surface area contributed by atoms with E-state index in [1.807, 2.05) is 18.2 Å². The molecule has 0 saturated carbocycles. The van der Waals surface area contributed by atoms with Gasteiger partial charge in [0.2, 0.25) is 5.91 Å². The molecule has 1 aliphatic rings. The number of carbonyl (C=O) groups excluding carboxylic acids is 1. The van der Waals surface area contributed by atoms with E-state index in [9.17, 15) is 4.79 Å². The normalized spacial score (nSPS) is 17.7. The van der Waals surface area contributed by atoms with Gasteiger partial charge >= 0.3 is 0 Å². The zero-order valence-electron chi connectivity index (χ0n) is 10.7. The minimum absolute atomic E-state index is 0. The number of carbonyl (C=O) groups is 1. The molecule has 1 amide bonds. The van der Waals surface area contributed by atoms with Crippen molar-refractivity contribution < 1.29 is 9.53 Å². The Morgan fingerprint density at radius 3 is 3.00 bits per heavy atom. The number of hydrogen-bond donors (Lipinski definition) is 2. The van der Waals surface area contributed by atoms with Crippen LogP contribution < -0.4 is 15.4 Å². The third-order valence-electron chi connectivity index (χ3n) is 3.08. The van der Waals surface area contributed by atoms with Crippen molar-refractivity contribution in [2.75, 3.05) is 13.7 Å². The van der Waals surface area contributed by atoms with Crippen LogP contribution in [0.5, 0.6) is 5.75 Å². The molecule has 6 heteroatoms. The van der Waals surface area contributed by atoms with Gasteiger partial charge < -0.3 is 15.4 Å². The summed E-state index contributed by atoms with van der Waals surface area (Å²) in [7, 11) is 1.63. The summed E-state index contributed by atoms with van der Waals surface area (Å²) in [4.78, 5) is 11.9. The van der Waals surface area contributed by atoms with Crippen LogP contribution in [0.2, 0.25) is 0 Å². The molecule has 2 N–H and O–H groups in total. The van der Waals surface area contributed by atoms with Gasteiger partial charge in [0.05, 0.1) is 13.2 Å². The van der Waals surface area contributed by atoms with Crippen LogP contribution in [0.3, 0.4) is 0 Å². The van der Waals surface area contributed by atoms with Crippen LogP contribution in [-0.2, 0) is 11.3 Å². The first-order chi connectivity index (χ1) is 8.70. The number of methoxy groups -OCH3 is 1. The van der Waals surface area contributed by atoms with Gasteiger partial charge in [0.25, 0.3) is 0 Å². The van der Waals surface area contributed by atoms with Crippen LogP contribution in [0.25, 0.3) is 0 Å². The van der Waals surface area contributed by atoms with Gasteiger partial charge in [0.15, 0.2) is 0 Å². The molecule has 1 saturated heterocycles. The van der Waals surface area contributed by atoms with E-state index in [0.29, 0.717) is 6.54 Å². The largest absolute Gasteiger partial charge is 0.497 e. The van der Waals surface area contributed by atoms with Crippen molar-refractivity contribution in [1.82, 2.24) is 10.6 Å². The van der Waals surface area contributed by atoms with Crippen molar-refractivity contribution >= 4 is 34.2 Å². The minimum Gasteiger partial charge on any atom is -0.497 e. The SMILES string of the molecule is COc1ccc(Br)c(CNC(=O)C2CCCN2)c1.Cl. The van der Waals surface area contributed by atoms with Crippen molar-refractivity contribution in [3.63, 3.8) is 0 Å². The lowest BCUT2D eigenvalue weighted by atomic mass is 10.2. The van der Waals surface area contributed by atoms with Gasteiger partial charge in [-0.1, -0.05) is 15.9 Å². The van der Waals surface area contributed by atoms with Gasteiger partial charge in [0.1, 0.15) is 5.75 Å². The van der Waals surface area contributed by atoms with Crippen molar-refractivity contribution in [2.45, 2.75) is 25.4 Å². The number of halogens is 2. The number of benzene rings is 1. The number of nitrogens with one attached hydrogen (secondary N) is 2. The topological polar surface area (TPSA) is 50.4 Å². The molecule has 1 aliphatic heterocycles. The zero-order valence-corrected chi connectivity index (χ0v) is 13.1. The van der Waals surface area contributed by atoms with Gasteiger partial charge in [-0.2, -0.15) is 0 Å². The Morgan fingerprint density at radius 1 is 1.58 bits per heavy atom. The molecule has 4 nitrogen and oxygen atoms in total. The molecule has 1 aromatic rings. The van der Waals surface area contributed by atoms with Gasteiger partial charge in [0, 0.05) is 11.0 Å².